The summed E-state index contributed by atoms with van der Waals surface area (Å²) < 4.78 is 41.3. The largest absolute Gasteiger partial charge is 0.487 e. The van der Waals surface area contributed by atoms with E-state index < -0.39 is 93.6 Å². The molecule has 1 fully saturated rings. The predicted octanol–water partition coefficient (Wildman–Crippen LogP) is 1.96. The number of nitrogens with two attached hydrogens (primary N) is 2. The number of nitrogens with zero attached hydrogens (tertiary/aromatic N) is 1. The average molecular weight is 911 g/mol. The van der Waals surface area contributed by atoms with E-state index in [-0.39, 0.29) is 49.5 Å². The number of esters is 1. The molecule has 1 saturated heterocycles. The molecule has 352 valence electrons. The van der Waals surface area contributed by atoms with E-state index >= 15 is 0 Å². The van der Waals surface area contributed by atoms with Crippen molar-refractivity contribution in [3.05, 3.63) is 58.1 Å². The highest BCUT2D eigenvalue weighted by Gasteiger charge is 2.38. The van der Waals surface area contributed by atoms with Gasteiger partial charge in [-0.1, -0.05) is 30.3 Å². The van der Waals surface area contributed by atoms with Gasteiger partial charge >= 0.3 is 5.97 Å². The van der Waals surface area contributed by atoms with Crippen LogP contribution in [-0.2, 0) is 56.4 Å². The van der Waals surface area contributed by atoms with E-state index in [1.165, 1.54) is 0 Å². The number of unbranched alkanes of at least 4 members (excludes halogenated alkanes) is 1. The number of hydrogen-bond donors (Lipinski definition) is 7. The highest BCUT2D eigenvalue weighted by molar-refractivity contribution is 7.90. The van der Waals surface area contributed by atoms with Gasteiger partial charge in [0.2, 0.25) is 29.6 Å². The van der Waals surface area contributed by atoms with Gasteiger partial charge in [0.15, 0.2) is 5.78 Å². The number of Topliss-reactive ketones (excluding diaryl/α,β-unsaturated/α-hetero) is 1. The number of benzene rings is 2. The fourth-order valence-corrected chi connectivity index (χ4v) is 9.36. The number of aliphatic imine (C=N–C) groups is 1. The third-order valence-corrected chi connectivity index (χ3v) is 12.7. The second-order valence-corrected chi connectivity index (χ2v) is 19.8. The molecule has 2 aliphatic rings. The van der Waals surface area contributed by atoms with Crippen LogP contribution in [-0.4, -0.2) is 98.7 Å². The van der Waals surface area contributed by atoms with Gasteiger partial charge in [0.1, 0.15) is 29.0 Å². The summed E-state index contributed by atoms with van der Waals surface area (Å²) in [6.45, 7) is 13.7. The minimum Gasteiger partial charge on any atom is -0.487 e. The molecule has 2 aromatic rings. The summed E-state index contributed by atoms with van der Waals surface area (Å²) in [4.78, 5) is 86.2. The zero-order valence-electron chi connectivity index (χ0n) is 38.3. The van der Waals surface area contributed by atoms with Crippen LogP contribution in [0.1, 0.15) is 107 Å². The Morgan fingerprint density at radius 2 is 1.55 bits per heavy atom. The van der Waals surface area contributed by atoms with Crippen LogP contribution in [0.5, 0.6) is 5.75 Å². The van der Waals surface area contributed by atoms with Crippen molar-refractivity contribution in [2.24, 2.45) is 22.4 Å². The summed E-state index contributed by atoms with van der Waals surface area (Å²) in [5, 5.41) is 10.5. The van der Waals surface area contributed by atoms with Gasteiger partial charge in [-0.3, -0.25) is 33.8 Å². The van der Waals surface area contributed by atoms with Crippen molar-refractivity contribution in [3.8, 4) is 5.75 Å². The van der Waals surface area contributed by atoms with Crippen LogP contribution in [0, 0.1) is 26.7 Å². The predicted molar refractivity (Wildman–Crippen MR) is 241 cm³/mol. The molecule has 4 amide bonds. The van der Waals surface area contributed by atoms with Crippen LogP contribution in [0.3, 0.4) is 0 Å². The zero-order chi connectivity index (χ0) is 47.6. The van der Waals surface area contributed by atoms with Crippen molar-refractivity contribution in [2.45, 2.75) is 147 Å². The standard InChI is InChI=1S/C45H66N8O10S/c1-26-27(2)39(28(3)31-24-45(7,8)63-38(26)31)64(60,61)53-43(47)48-20-14-18-33-42(59)51-32(17-12-13-19-46)35(54)22-30(21-29-15-10-9-11-16-29)40(57)52-34(23-37(56)62-44(4,5)6)41(58)49-25-36(55)50-33/h9-11,15-16,30,32-34H,12-14,17-25,46H2,1-8H3,(H,49,58)(H,50,55)(H,51,59)(H,52,57)(H3,47,48,53)/t30-,32-,33-,34-/m1/s1. The Hall–Kier alpha value is -5.56. The number of carbonyl (C=O) groups excluding carboxylic acids is 6. The molecule has 64 heavy (non-hydrogen) atoms. The lowest BCUT2D eigenvalue weighted by Gasteiger charge is -2.25. The number of sulfonamides is 1. The van der Waals surface area contributed by atoms with Gasteiger partial charge in [0.05, 0.1) is 23.9 Å². The topological polar surface area (TPSA) is 280 Å². The van der Waals surface area contributed by atoms with Gasteiger partial charge in [-0.15, -0.1) is 0 Å². The number of hydrogen-bond acceptors (Lipinski definition) is 12. The van der Waals surface area contributed by atoms with Crippen molar-refractivity contribution in [3.63, 3.8) is 0 Å². The Morgan fingerprint density at radius 1 is 0.891 bits per heavy atom. The van der Waals surface area contributed by atoms with Crippen molar-refractivity contribution in [2.75, 3.05) is 19.6 Å². The molecular weight excluding hydrogens is 845 g/mol. The van der Waals surface area contributed by atoms with Crippen LogP contribution in [0.4, 0.5) is 0 Å². The molecule has 0 unspecified atom stereocenters. The fourth-order valence-electron chi connectivity index (χ4n) is 7.84. The molecule has 4 atom stereocenters. The third-order valence-electron chi connectivity index (χ3n) is 11.0. The summed E-state index contributed by atoms with van der Waals surface area (Å²) in [7, 11) is -4.18. The first kappa shape index (κ1) is 51.1. The van der Waals surface area contributed by atoms with E-state index in [1.807, 2.05) is 20.8 Å². The highest BCUT2D eigenvalue weighted by Crippen LogP contribution is 2.43. The number of nitrogens with one attached hydrogen (secondary N) is 5. The summed E-state index contributed by atoms with van der Waals surface area (Å²) in [6, 6.07) is 5.18. The Labute approximate surface area is 376 Å². The van der Waals surface area contributed by atoms with E-state index in [9.17, 15) is 37.2 Å². The maximum absolute atomic E-state index is 14.1. The average Bonchev–Trinajstić information content (AvgIpc) is 3.53. The number of rotatable bonds is 14. The maximum atomic E-state index is 14.1. The molecule has 0 radical (unpaired) electrons. The van der Waals surface area contributed by atoms with Crippen molar-refractivity contribution < 1.29 is 46.7 Å². The molecule has 0 saturated carbocycles. The quantitative estimate of drug-likeness (QED) is 0.0620. The first-order valence-electron chi connectivity index (χ1n) is 21.7. The summed E-state index contributed by atoms with van der Waals surface area (Å²) in [5.41, 5.74) is 13.8. The zero-order valence-corrected chi connectivity index (χ0v) is 39.1. The van der Waals surface area contributed by atoms with E-state index in [2.05, 4.69) is 31.0 Å². The van der Waals surface area contributed by atoms with Gasteiger partial charge in [0.25, 0.3) is 10.0 Å². The van der Waals surface area contributed by atoms with Gasteiger partial charge in [-0.2, -0.15) is 0 Å². The molecule has 0 aliphatic carbocycles. The molecule has 0 bridgehead atoms. The van der Waals surface area contributed by atoms with Crippen molar-refractivity contribution in [1.29, 1.82) is 0 Å². The van der Waals surface area contributed by atoms with Crippen molar-refractivity contribution in [1.82, 2.24) is 26.0 Å². The molecule has 9 N–H and O–H groups in total. The van der Waals surface area contributed by atoms with Crippen molar-refractivity contribution >= 4 is 51.4 Å². The van der Waals surface area contributed by atoms with Gasteiger partial charge in [-0.05, 0) is 123 Å². The van der Waals surface area contributed by atoms with E-state index in [1.54, 1.807) is 65.0 Å². The minimum absolute atomic E-state index is 0.0330. The molecule has 2 heterocycles. The number of amides is 4. The molecule has 2 aliphatic heterocycles. The van der Waals surface area contributed by atoms with Crippen LogP contribution >= 0.6 is 0 Å². The molecule has 18 nitrogen and oxygen atoms in total. The Bertz CT molecular complexity index is 2210. The third kappa shape index (κ3) is 14.5. The number of ether oxygens (including phenoxy) is 2. The second-order valence-electron chi connectivity index (χ2n) is 18.2. The lowest BCUT2D eigenvalue weighted by molar-refractivity contribution is -0.156. The molecule has 2 aromatic carbocycles. The van der Waals surface area contributed by atoms with E-state index in [0.717, 1.165) is 11.1 Å². The highest BCUT2D eigenvalue weighted by atomic mass is 32.2. The van der Waals surface area contributed by atoms with Crippen LogP contribution in [0.2, 0.25) is 0 Å². The lowest BCUT2D eigenvalue weighted by Crippen LogP contribution is -2.54. The molecule has 0 aromatic heterocycles. The summed E-state index contributed by atoms with van der Waals surface area (Å²) >= 11 is 0. The second kappa shape index (κ2) is 21.9. The van der Waals surface area contributed by atoms with Gasteiger partial charge < -0.3 is 42.2 Å². The normalized spacial score (nSPS) is 21.3. The molecule has 4 rings (SSSR count). The molecular formula is C45H66N8O10S. The molecule has 0 spiro atoms. The molecule has 19 heteroatoms. The number of fused-ring (bicyclic) bond motifs is 1. The SMILES string of the molecule is Cc1c(C)c(S(=O)(=O)NC(N)=NCCC[C@H]2NC(=O)CNC(=O)[C@@H](CC(=O)OC(C)(C)C)NC(=O)[C@H](Cc3ccccc3)CC(=O)[C@@H](CCCCN)NC2=O)c(C)c2c1OC(C)(C)C2. The van der Waals surface area contributed by atoms with Gasteiger partial charge in [0, 0.05) is 30.9 Å². The van der Waals surface area contributed by atoms with Gasteiger partial charge in [-0.25, -0.2) is 13.1 Å². The Balaban J connectivity index is 1.57. The summed E-state index contributed by atoms with van der Waals surface area (Å²) in [5.74, 6) is -4.97. The number of carbonyl (C=O) groups is 6. The monoisotopic (exact) mass is 910 g/mol. The fraction of sp³-hybridized carbons (Fsp3) is 0.578. The van der Waals surface area contributed by atoms with E-state index in [4.69, 9.17) is 20.9 Å². The smallest absolute Gasteiger partial charge is 0.308 e. The number of ketones is 1. The maximum Gasteiger partial charge on any atom is 0.308 e. The Morgan fingerprint density at radius 3 is 2.20 bits per heavy atom. The van der Waals surface area contributed by atoms with E-state index in [0.29, 0.717) is 48.2 Å². The first-order valence-corrected chi connectivity index (χ1v) is 23.2. The minimum atomic E-state index is -4.18. The van der Waals surface area contributed by atoms with Crippen LogP contribution in [0.25, 0.3) is 0 Å². The number of guanidine groups is 1. The van der Waals surface area contributed by atoms with Crippen LogP contribution in [0.15, 0.2) is 40.2 Å². The Kier molecular flexibility index (Phi) is 17.5. The lowest BCUT2D eigenvalue weighted by atomic mass is 9.89. The first-order chi connectivity index (χ1) is 29.9. The summed E-state index contributed by atoms with van der Waals surface area (Å²) in [6.07, 6.45) is 1.04. The van der Waals surface area contributed by atoms with Crippen LogP contribution < -0.4 is 42.2 Å².